The van der Waals surface area contributed by atoms with Crippen LogP contribution in [-0.4, -0.2) is 26.4 Å². The van der Waals surface area contributed by atoms with Crippen molar-refractivity contribution in [2.45, 2.75) is 31.5 Å². The average molecular weight is 214 g/mol. The maximum Gasteiger partial charge on any atom is 0.313 e. The summed E-state index contributed by atoms with van der Waals surface area (Å²) < 4.78 is 1.97. The van der Waals surface area contributed by atoms with Crippen molar-refractivity contribution in [1.29, 1.82) is 0 Å². The molecule has 4 nitrogen and oxygen atoms in total. The molecule has 0 spiro atoms. The molecule has 1 heterocycles. The lowest BCUT2D eigenvalue weighted by Crippen LogP contribution is -2.22. The predicted octanol–water partition coefficient (Wildman–Crippen LogP) is 1.81. The fraction of sp³-hybridized carbons (Fsp3) is 0.556. The van der Waals surface area contributed by atoms with Crippen molar-refractivity contribution < 1.29 is 9.90 Å². The zero-order valence-electron chi connectivity index (χ0n) is 8.52. The van der Waals surface area contributed by atoms with Crippen molar-refractivity contribution in [3.05, 3.63) is 12.4 Å². The Balaban J connectivity index is 2.78. The van der Waals surface area contributed by atoms with Crippen LogP contribution in [0.3, 0.4) is 0 Å². The van der Waals surface area contributed by atoms with Gasteiger partial charge in [-0.25, -0.2) is 4.98 Å². The van der Waals surface area contributed by atoms with Crippen LogP contribution in [0.1, 0.15) is 20.8 Å². The van der Waals surface area contributed by atoms with E-state index in [9.17, 15) is 4.79 Å². The van der Waals surface area contributed by atoms with Crippen LogP contribution in [-0.2, 0) is 10.3 Å². The van der Waals surface area contributed by atoms with E-state index >= 15 is 0 Å². The quantitative estimate of drug-likeness (QED) is 0.780. The number of aliphatic carboxylic acids is 1. The predicted molar refractivity (Wildman–Crippen MR) is 55.6 cm³/mol. The third kappa shape index (κ3) is 2.77. The number of aromatic nitrogens is 2. The number of nitrogens with zero attached hydrogens (tertiary/aromatic N) is 2. The van der Waals surface area contributed by atoms with Crippen LogP contribution in [0.2, 0.25) is 0 Å². The molecule has 0 radical (unpaired) electrons. The Morgan fingerprint density at radius 2 is 2.29 bits per heavy atom. The molecule has 0 aliphatic carbocycles. The second kappa shape index (κ2) is 4.04. The topological polar surface area (TPSA) is 55.1 Å². The maximum absolute atomic E-state index is 10.4. The standard InChI is InChI=1S/C9H14N2O2S/c1-9(2,3)11-5-4-10-8(11)14-6-7(12)13/h4-5H,6H2,1-3H3,(H,12,13). The van der Waals surface area contributed by atoms with E-state index in [1.807, 2.05) is 10.8 Å². The van der Waals surface area contributed by atoms with Crippen LogP contribution in [0, 0.1) is 0 Å². The molecule has 14 heavy (non-hydrogen) atoms. The normalized spacial score (nSPS) is 11.6. The molecule has 0 saturated carbocycles. The van der Waals surface area contributed by atoms with Gasteiger partial charge in [0.05, 0.1) is 5.75 Å². The first-order valence-corrected chi connectivity index (χ1v) is 5.28. The van der Waals surface area contributed by atoms with Crippen LogP contribution in [0.5, 0.6) is 0 Å². The smallest absolute Gasteiger partial charge is 0.313 e. The Kier molecular flexibility index (Phi) is 3.21. The summed E-state index contributed by atoms with van der Waals surface area (Å²) in [4.78, 5) is 14.5. The molecule has 0 bridgehead atoms. The van der Waals surface area contributed by atoms with Crippen molar-refractivity contribution in [3.8, 4) is 0 Å². The van der Waals surface area contributed by atoms with Gasteiger partial charge in [0.2, 0.25) is 0 Å². The fourth-order valence-electron chi connectivity index (χ4n) is 1.03. The SMILES string of the molecule is CC(C)(C)n1ccnc1SCC(=O)O. The molecule has 0 atom stereocenters. The Hall–Kier alpha value is -0.970. The molecule has 1 aromatic heterocycles. The highest BCUT2D eigenvalue weighted by atomic mass is 32.2. The summed E-state index contributed by atoms with van der Waals surface area (Å²) in [5.74, 6) is -0.772. The average Bonchev–Trinajstić information content (AvgIpc) is 2.46. The number of carboxylic acids is 1. The summed E-state index contributed by atoms with van der Waals surface area (Å²) in [5, 5.41) is 9.30. The lowest BCUT2D eigenvalue weighted by atomic mass is 10.1. The lowest BCUT2D eigenvalue weighted by molar-refractivity contribution is -0.133. The molecule has 0 saturated heterocycles. The Bertz CT molecular complexity index is 328. The summed E-state index contributed by atoms with van der Waals surface area (Å²) in [5.41, 5.74) is -0.0582. The van der Waals surface area contributed by atoms with E-state index in [4.69, 9.17) is 5.11 Å². The van der Waals surface area contributed by atoms with E-state index in [1.165, 1.54) is 11.8 Å². The van der Waals surface area contributed by atoms with Gasteiger partial charge in [0.1, 0.15) is 0 Å². The minimum atomic E-state index is -0.821. The van der Waals surface area contributed by atoms with Crippen LogP contribution >= 0.6 is 11.8 Å². The summed E-state index contributed by atoms with van der Waals surface area (Å²) >= 11 is 1.24. The van der Waals surface area contributed by atoms with E-state index in [-0.39, 0.29) is 11.3 Å². The van der Waals surface area contributed by atoms with Crippen LogP contribution in [0.4, 0.5) is 0 Å². The summed E-state index contributed by atoms with van der Waals surface area (Å²) in [6.07, 6.45) is 3.56. The molecular formula is C9H14N2O2S. The molecule has 0 aromatic carbocycles. The minimum Gasteiger partial charge on any atom is -0.481 e. The number of hydrogen-bond acceptors (Lipinski definition) is 3. The van der Waals surface area contributed by atoms with Gasteiger partial charge in [0, 0.05) is 17.9 Å². The highest BCUT2D eigenvalue weighted by molar-refractivity contribution is 7.99. The Morgan fingerprint density at radius 3 is 2.79 bits per heavy atom. The first kappa shape index (κ1) is 11.1. The number of rotatable bonds is 3. The van der Waals surface area contributed by atoms with Crippen molar-refractivity contribution >= 4 is 17.7 Å². The maximum atomic E-state index is 10.4. The summed E-state index contributed by atoms with van der Waals surface area (Å²) in [6, 6.07) is 0. The molecule has 0 aliphatic heterocycles. The largest absolute Gasteiger partial charge is 0.481 e. The van der Waals surface area contributed by atoms with Gasteiger partial charge in [-0.1, -0.05) is 11.8 Å². The zero-order valence-corrected chi connectivity index (χ0v) is 9.34. The van der Waals surface area contributed by atoms with Crippen LogP contribution < -0.4 is 0 Å². The molecule has 0 fully saturated rings. The van der Waals surface area contributed by atoms with Gasteiger partial charge in [-0.05, 0) is 20.8 Å². The van der Waals surface area contributed by atoms with Crippen LogP contribution in [0.25, 0.3) is 0 Å². The molecule has 0 aliphatic rings. The molecule has 1 aromatic rings. The molecule has 1 N–H and O–H groups in total. The van der Waals surface area contributed by atoms with Gasteiger partial charge in [-0.3, -0.25) is 4.79 Å². The van der Waals surface area contributed by atoms with Gasteiger partial charge < -0.3 is 9.67 Å². The first-order valence-electron chi connectivity index (χ1n) is 4.29. The number of hydrogen-bond donors (Lipinski definition) is 1. The summed E-state index contributed by atoms with van der Waals surface area (Å²) in [7, 11) is 0. The van der Waals surface area contributed by atoms with Crippen molar-refractivity contribution in [3.63, 3.8) is 0 Å². The van der Waals surface area contributed by atoms with E-state index in [2.05, 4.69) is 25.8 Å². The molecule has 5 heteroatoms. The fourth-order valence-corrected chi connectivity index (χ4v) is 1.90. The minimum absolute atomic E-state index is 0.0487. The highest BCUT2D eigenvalue weighted by Gasteiger charge is 2.17. The summed E-state index contributed by atoms with van der Waals surface area (Å²) in [6.45, 7) is 6.17. The monoisotopic (exact) mass is 214 g/mol. The number of thioether (sulfide) groups is 1. The van der Waals surface area contributed by atoms with Crippen molar-refractivity contribution in [2.75, 3.05) is 5.75 Å². The van der Waals surface area contributed by atoms with E-state index < -0.39 is 5.97 Å². The van der Waals surface area contributed by atoms with Crippen molar-refractivity contribution in [1.82, 2.24) is 9.55 Å². The van der Waals surface area contributed by atoms with Crippen LogP contribution in [0.15, 0.2) is 17.6 Å². The molecule has 78 valence electrons. The van der Waals surface area contributed by atoms with E-state index in [1.54, 1.807) is 6.20 Å². The molecule has 0 unspecified atom stereocenters. The lowest BCUT2D eigenvalue weighted by Gasteiger charge is -2.22. The second-order valence-corrected chi connectivity index (χ2v) is 4.88. The third-order valence-corrected chi connectivity index (χ3v) is 2.61. The van der Waals surface area contributed by atoms with E-state index in [0.29, 0.717) is 0 Å². The van der Waals surface area contributed by atoms with Gasteiger partial charge in [-0.15, -0.1) is 0 Å². The molecule has 1 rings (SSSR count). The Morgan fingerprint density at radius 1 is 1.64 bits per heavy atom. The highest BCUT2D eigenvalue weighted by Crippen LogP contribution is 2.23. The van der Waals surface area contributed by atoms with Gasteiger partial charge in [0.25, 0.3) is 0 Å². The number of carboxylic acid groups (broad SMARTS) is 1. The van der Waals surface area contributed by atoms with E-state index in [0.717, 1.165) is 5.16 Å². The zero-order chi connectivity index (χ0) is 10.8. The second-order valence-electron chi connectivity index (χ2n) is 3.93. The number of carbonyl (C=O) groups is 1. The van der Waals surface area contributed by atoms with Crippen molar-refractivity contribution in [2.24, 2.45) is 0 Å². The van der Waals surface area contributed by atoms with Gasteiger partial charge in [-0.2, -0.15) is 0 Å². The van der Waals surface area contributed by atoms with Gasteiger partial charge in [0.15, 0.2) is 5.16 Å². The molecule has 0 amide bonds. The van der Waals surface area contributed by atoms with Gasteiger partial charge >= 0.3 is 5.97 Å². The third-order valence-electron chi connectivity index (χ3n) is 1.65. The molecular weight excluding hydrogens is 200 g/mol. The first-order chi connectivity index (χ1) is 6.41. The Labute approximate surface area is 87.3 Å². The number of imidazole rings is 1.